The van der Waals surface area contributed by atoms with Crippen LogP contribution in [-0.4, -0.2) is 16.8 Å². The number of furan rings is 1. The Bertz CT molecular complexity index is 578. The van der Waals surface area contributed by atoms with Crippen molar-refractivity contribution in [1.82, 2.24) is 10.3 Å². The summed E-state index contributed by atoms with van der Waals surface area (Å²) in [5.74, 6) is 5.52. The van der Waals surface area contributed by atoms with Crippen LogP contribution in [0.4, 0.5) is 0 Å². The Morgan fingerprint density at radius 1 is 1.29 bits per heavy atom. The molecule has 1 amide bonds. The lowest BCUT2D eigenvalue weighted by molar-refractivity contribution is 0.0953. The monoisotopic (exact) mass is 287 g/mol. The maximum Gasteiger partial charge on any atom is 0.268 e. The number of hydrogen-bond acceptors (Lipinski definition) is 4. The highest BCUT2D eigenvalue weighted by atomic mass is 16.3. The minimum Gasteiger partial charge on any atom is -0.467 e. The van der Waals surface area contributed by atoms with Gasteiger partial charge in [-0.05, 0) is 25.5 Å². The van der Waals surface area contributed by atoms with Crippen LogP contribution in [0.3, 0.4) is 0 Å². The Morgan fingerprint density at radius 2 is 2.00 bits per heavy atom. The van der Waals surface area contributed by atoms with E-state index in [-0.39, 0.29) is 5.91 Å². The zero-order valence-corrected chi connectivity index (χ0v) is 12.4. The zero-order chi connectivity index (χ0) is 15.2. The number of nitrogen functional groups attached to an aromatic ring is 1. The number of benzene rings is 1. The minimum absolute atomic E-state index is 0.343. The molecule has 3 N–H and O–H groups in total. The predicted molar refractivity (Wildman–Crippen MR) is 81.2 cm³/mol. The van der Waals surface area contributed by atoms with Crippen molar-refractivity contribution in [2.45, 2.75) is 33.0 Å². The molecule has 0 aliphatic heterocycles. The first-order valence-electron chi connectivity index (χ1n) is 6.96. The molecule has 5 nitrogen and oxygen atoms in total. The Labute approximate surface area is 124 Å². The molecule has 21 heavy (non-hydrogen) atoms. The van der Waals surface area contributed by atoms with E-state index in [4.69, 9.17) is 10.3 Å². The van der Waals surface area contributed by atoms with Gasteiger partial charge in [-0.2, -0.15) is 0 Å². The van der Waals surface area contributed by atoms with Crippen molar-refractivity contribution in [3.05, 3.63) is 59.5 Å². The average molecular weight is 287 g/mol. The second-order valence-corrected chi connectivity index (χ2v) is 5.26. The molecule has 1 heterocycles. The molecule has 0 bridgehead atoms. The van der Waals surface area contributed by atoms with Crippen LogP contribution >= 0.6 is 0 Å². The third-order valence-corrected chi connectivity index (χ3v) is 3.36. The lowest BCUT2D eigenvalue weighted by Gasteiger charge is -2.25. The first kappa shape index (κ1) is 15.3. The Morgan fingerprint density at radius 3 is 2.62 bits per heavy atom. The highest BCUT2D eigenvalue weighted by molar-refractivity contribution is 5.93. The zero-order valence-electron chi connectivity index (χ0n) is 12.4. The molecular formula is C16H21N3O2. The lowest BCUT2D eigenvalue weighted by Crippen LogP contribution is -2.30. The molecule has 0 saturated heterocycles. The quantitative estimate of drug-likeness (QED) is 0.486. The molecule has 1 aromatic heterocycles. The van der Waals surface area contributed by atoms with Gasteiger partial charge in [0.1, 0.15) is 12.0 Å². The van der Waals surface area contributed by atoms with Gasteiger partial charge in [0.05, 0.1) is 12.1 Å². The topological polar surface area (TPSA) is 71.5 Å². The Kier molecular flexibility index (Phi) is 5.14. The molecule has 2 rings (SSSR count). The summed E-state index contributed by atoms with van der Waals surface area (Å²) in [6, 6.07) is 12.4. The molecule has 0 saturated carbocycles. The first-order valence-corrected chi connectivity index (χ1v) is 6.96. The van der Waals surface area contributed by atoms with Gasteiger partial charge in [0, 0.05) is 12.6 Å². The van der Waals surface area contributed by atoms with Gasteiger partial charge in [-0.15, -0.1) is 0 Å². The van der Waals surface area contributed by atoms with Gasteiger partial charge < -0.3 is 4.42 Å². The third-order valence-electron chi connectivity index (χ3n) is 3.36. The molecule has 5 heteroatoms. The molecule has 0 aliphatic rings. The molecule has 2 aromatic rings. The van der Waals surface area contributed by atoms with E-state index in [9.17, 15) is 4.79 Å². The normalized spacial score (nSPS) is 11.1. The van der Waals surface area contributed by atoms with Crippen LogP contribution in [0.5, 0.6) is 0 Å². The number of hydrogen-bond donors (Lipinski definition) is 2. The van der Waals surface area contributed by atoms with Crippen LogP contribution < -0.4 is 11.3 Å². The summed E-state index contributed by atoms with van der Waals surface area (Å²) >= 11 is 0. The average Bonchev–Trinajstić information content (AvgIpc) is 2.95. The van der Waals surface area contributed by atoms with Crippen LogP contribution in [-0.2, 0) is 13.1 Å². The maximum absolute atomic E-state index is 11.4. The van der Waals surface area contributed by atoms with E-state index in [0.717, 1.165) is 12.3 Å². The van der Waals surface area contributed by atoms with Crippen LogP contribution in [0.2, 0.25) is 0 Å². The van der Waals surface area contributed by atoms with Crippen molar-refractivity contribution in [2.24, 2.45) is 5.84 Å². The van der Waals surface area contributed by atoms with Gasteiger partial charge in [-0.25, -0.2) is 5.84 Å². The molecule has 0 atom stereocenters. The SMILES string of the molecule is CC(C)N(Cc1ccccc1)Cc1cc(C(=O)NN)co1. The Balaban J connectivity index is 2.06. The molecule has 1 aromatic carbocycles. The summed E-state index contributed by atoms with van der Waals surface area (Å²) in [6.07, 6.45) is 1.43. The van der Waals surface area contributed by atoms with E-state index in [2.05, 4.69) is 36.3 Å². The number of carbonyl (C=O) groups excluding carboxylic acids is 1. The summed E-state index contributed by atoms with van der Waals surface area (Å²) < 4.78 is 5.45. The second kappa shape index (κ2) is 7.06. The van der Waals surface area contributed by atoms with Crippen LogP contribution in [0.1, 0.15) is 35.5 Å². The van der Waals surface area contributed by atoms with Gasteiger partial charge in [0.2, 0.25) is 0 Å². The van der Waals surface area contributed by atoms with Crippen molar-refractivity contribution in [1.29, 1.82) is 0 Å². The molecular weight excluding hydrogens is 266 g/mol. The summed E-state index contributed by atoms with van der Waals surface area (Å²) in [6.45, 7) is 5.75. The number of nitrogens with zero attached hydrogens (tertiary/aromatic N) is 1. The Hall–Kier alpha value is -2.11. The van der Waals surface area contributed by atoms with Crippen LogP contribution in [0.15, 0.2) is 47.1 Å². The largest absolute Gasteiger partial charge is 0.467 e. The third kappa shape index (κ3) is 4.18. The molecule has 0 radical (unpaired) electrons. The summed E-state index contributed by atoms with van der Waals surface area (Å²) in [5.41, 5.74) is 3.79. The van der Waals surface area contributed by atoms with Crippen LogP contribution in [0, 0.1) is 0 Å². The first-order chi connectivity index (χ1) is 10.1. The number of amides is 1. The van der Waals surface area contributed by atoms with E-state index >= 15 is 0 Å². The van der Waals surface area contributed by atoms with Gasteiger partial charge >= 0.3 is 0 Å². The fourth-order valence-corrected chi connectivity index (χ4v) is 2.11. The lowest BCUT2D eigenvalue weighted by atomic mass is 10.2. The van der Waals surface area contributed by atoms with Gasteiger partial charge in [-0.1, -0.05) is 30.3 Å². The van der Waals surface area contributed by atoms with Crippen molar-refractivity contribution >= 4 is 5.91 Å². The highest BCUT2D eigenvalue weighted by Gasteiger charge is 2.15. The number of hydrazine groups is 1. The van der Waals surface area contributed by atoms with Gasteiger partial charge in [0.25, 0.3) is 5.91 Å². The summed E-state index contributed by atoms with van der Waals surface area (Å²) in [5, 5.41) is 0. The summed E-state index contributed by atoms with van der Waals surface area (Å²) in [4.78, 5) is 13.7. The number of nitrogens with two attached hydrogens (primary N) is 1. The molecule has 112 valence electrons. The predicted octanol–water partition coefficient (Wildman–Crippen LogP) is 2.29. The fourth-order valence-electron chi connectivity index (χ4n) is 2.11. The molecule has 0 unspecified atom stereocenters. The van der Waals surface area contributed by atoms with Crippen molar-refractivity contribution < 1.29 is 9.21 Å². The maximum atomic E-state index is 11.4. The fraction of sp³-hybridized carbons (Fsp3) is 0.312. The summed E-state index contributed by atoms with van der Waals surface area (Å²) in [7, 11) is 0. The standard InChI is InChI=1S/C16H21N3O2/c1-12(2)19(9-13-6-4-3-5-7-13)10-15-8-14(11-21-15)16(20)18-17/h3-8,11-12H,9-10,17H2,1-2H3,(H,18,20). The van der Waals surface area contributed by atoms with Gasteiger partial charge in [0.15, 0.2) is 0 Å². The van der Waals surface area contributed by atoms with E-state index in [1.807, 2.05) is 18.2 Å². The minimum atomic E-state index is -0.343. The van der Waals surface area contributed by atoms with Crippen LogP contribution in [0.25, 0.3) is 0 Å². The number of carbonyl (C=O) groups is 1. The smallest absolute Gasteiger partial charge is 0.268 e. The van der Waals surface area contributed by atoms with Gasteiger partial charge in [-0.3, -0.25) is 15.1 Å². The van der Waals surface area contributed by atoms with Crippen molar-refractivity contribution in [3.8, 4) is 0 Å². The second-order valence-electron chi connectivity index (χ2n) is 5.26. The number of rotatable bonds is 6. The van der Waals surface area contributed by atoms with Crippen molar-refractivity contribution in [3.63, 3.8) is 0 Å². The van der Waals surface area contributed by atoms with E-state index < -0.39 is 0 Å². The van der Waals surface area contributed by atoms with E-state index in [1.165, 1.54) is 11.8 Å². The number of nitrogens with one attached hydrogen (secondary N) is 1. The van der Waals surface area contributed by atoms with Crippen molar-refractivity contribution in [2.75, 3.05) is 0 Å². The highest BCUT2D eigenvalue weighted by Crippen LogP contribution is 2.15. The molecule has 0 fully saturated rings. The van der Waals surface area contributed by atoms with E-state index in [1.54, 1.807) is 6.07 Å². The molecule has 0 spiro atoms. The molecule has 0 aliphatic carbocycles. The van der Waals surface area contributed by atoms with E-state index in [0.29, 0.717) is 18.2 Å².